The van der Waals surface area contributed by atoms with Gasteiger partial charge in [0.15, 0.2) is 0 Å². The fraction of sp³-hybridized carbons (Fsp3) is 0.0714. The van der Waals surface area contributed by atoms with Crippen LogP contribution in [-0.2, 0) is 0 Å². The Balaban J connectivity index is 2.14. The molecule has 2 aromatic carbocycles. The van der Waals surface area contributed by atoms with E-state index in [0.717, 1.165) is 0 Å². The highest BCUT2D eigenvalue weighted by Crippen LogP contribution is 2.26. The number of amides is 1. The van der Waals surface area contributed by atoms with Crippen LogP contribution in [0.1, 0.15) is 10.4 Å². The Bertz CT molecular complexity index is 667. The SMILES string of the molecule is O=C(Nc1ccc(Br)c(Cl)c1)c1cccc(OC(F)F)c1. The van der Waals surface area contributed by atoms with Gasteiger partial charge in [0.25, 0.3) is 5.91 Å². The molecule has 110 valence electrons. The van der Waals surface area contributed by atoms with Gasteiger partial charge in [-0.2, -0.15) is 8.78 Å². The number of carbonyl (C=O) groups excluding carboxylic acids is 1. The lowest BCUT2D eigenvalue weighted by Crippen LogP contribution is -2.12. The van der Waals surface area contributed by atoms with Crippen LogP contribution in [0.15, 0.2) is 46.9 Å². The Morgan fingerprint density at radius 3 is 2.67 bits per heavy atom. The van der Waals surface area contributed by atoms with E-state index in [4.69, 9.17) is 11.6 Å². The molecule has 0 atom stereocenters. The molecule has 0 unspecified atom stereocenters. The van der Waals surface area contributed by atoms with Crippen LogP contribution in [0.5, 0.6) is 5.75 Å². The summed E-state index contributed by atoms with van der Waals surface area (Å²) in [7, 11) is 0. The molecule has 0 bridgehead atoms. The van der Waals surface area contributed by atoms with Crippen molar-refractivity contribution in [1.82, 2.24) is 0 Å². The van der Waals surface area contributed by atoms with E-state index in [-0.39, 0.29) is 11.3 Å². The minimum Gasteiger partial charge on any atom is -0.435 e. The van der Waals surface area contributed by atoms with Gasteiger partial charge in [-0.25, -0.2) is 0 Å². The predicted octanol–water partition coefficient (Wildman–Crippen LogP) is 4.96. The van der Waals surface area contributed by atoms with Crippen LogP contribution < -0.4 is 10.1 Å². The summed E-state index contributed by atoms with van der Waals surface area (Å²) >= 11 is 9.16. The van der Waals surface area contributed by atoms with E-state index in [2.05, 4.69) is 26.0 Å². The molecule has 0 spiro atoms. The molecule has 21 heavy (non-hydrogen) atoms. The number of halogens is 4. The average molecular weight is 377 g/mol. The van der Waals surface area contributed by atoms with Gasteiger partial charge in [0.05, 0.1) is 5.02 Å². The van der Waals surface area contributed by atoms with Crippen molar-refractivity contribution in [3.8, 4) is 5.75 Å². The Morgan fingerprint density at radius 2 is 2.00 bits per heavy atom. The van der Waals surface area contributed by atoms with Crippen LogP contribution in [0.4, 0.5) is 14.5 Å². The maximum atomic E-state index is 12.1. The topological polar surface area (TPSA) is 38.3 Å². The van der Waals surface area contributed by atoms with Gasteiger partial charge >= 0.3 is 6.61 Å². The molecule has 0 aromatic heterocycles. The number of nitrogens with one attached hydrogen (secondary N) is 1. The van der Waals surface area contributed by atoms with Crippen molar-refractivity contribution in [1.29, 1.82) is 0 Å². The minimum absolute atomic E-state index is 0.0773. The van der Waals surface area contributed by atoms with Crippen molar-refractivity contribution >= 4 is 39.1 Å². The second kappa shape index (κ2) is 6.87. The first kappa shape index (κ1) is 15.7. The summed E-state index contributed by atoms with van der Waals surface area (Å²) < 4.78 is 29.2. The lowest BCUT2D eigenvalue weighted by molar-refractivity contribution is -0.0498. The summed E-state index contributed by atoms with van der Waals surface area (Å²) in [6.45, 7) is -2.94. The summed E-state index contributed by atoms with van der Waals surface area (Å²) in [4.78, 5) is 12.0. The molecule has 3 nitrogen and oxygen atoms in total. The molecule has 0 saturated heterocycles. The van der Waals surface area contributed by atoms with Crippen molar-refractivity contribution < 1.29 is 18.3 Å². The van der Waals surface area contributed by atoms with E-state index in [1.54, 1.807) is 18.2 Å². The Labute approximate surface area is 133 Å². The Kier molecular flexibility index (Phi) is 5.14. The number of benzene rings is 2. The minimum atomic E-state index is -2.94. The average Bonchev–Trinajstić information content (AvgIpc) is 2.42. The normalized spacial score (nSPS) is 10.5. The molecule has 0 aliphatic carbocycles. The van der Waals surface area contributed by atoms with Crippen molar-refractivity contribution in [2.24, 2.45) is 0 Å². The van der Waals surface area contributed by atoms with Crippen LogP contribution in [-0.4, -0.2) is 12.5 Å². The molecule has 0 fully saturated rings. The van der Waals surface area contributed by atoms with E-state index >= 15 is 0 Å². The smallest absolute Gasteiger partial charge is 0.387 e. The summed E-state index contributed by atoms with van der Waals surface area (Å²) in [6, 6.07) is 10.5. The molecule has 0 aliphatic rings. The molecule has 2 rings (SSSR count). The summed E-state index contributed by atoms with van der Waals surface area (Å²) in [5, 5.41) is 3.07. The van der Waals surface area contributed by atoms with E-state index in [1.807, 2.05) is 0 Å². The third kappa shape index (κ3) is 4.41. The first-order valence-corrected chi connectivity index (χ1v) is 6.94. The van der Waals surface area contributed by atoms with Crippen molar-refractivity contribution in [3.05, 3.63) is 57.5 Å². The van der Waals surface area contributed by atoms with Gasteiger partial charge in [-0.15, -0.1) is 0 Å². The zero-order valence-electron chi connectivity index (χ0n) is 10.4. The van der Waals surface area contributed by atoms with Gasteiger partial charge in [0.1, 0.15) is 5.75 Å². The maximum absolute atomic E-state index is 12.1. The highest BCUT2D eigenvalue weighted by molar-refractivity contribution is 9.10. The number of alkyl halides is 2. The van der Waals surface area contributed by atoms with Gasteiger partial charge < -0.3 is 10.1 Å². The molecule has 0 heterocycles. The lowest BCUT2D eigenvalue weighted by atomic mass is 10.2. The lowest BCUT2D eigenvalue weighted by Gasteiger charge is -2.08. The van der Waals surface area contributed by atoms with Gasteiger partial charge in [-0.1, -0.05) is 17.7 Å². The molecule has 0 aliphatic heterocycles. The molecule has 0 radical (unpaired) electrons. The standard InChI is InChI=1S/C14H9BrClF2NO2/c15-11-5-4-9(7-12(11)16)19-13(20)8-2-1-3-10(6-8)21-14(17)18/h1-7,14H,(H,19,20). The third-order valence-corrected chi connectivity index (χ3v) is 3.73. The van der Waals surface area contributed by atoms with E-state index in [1.165, 1.54) is 24.3 Å². The second-order valence-corrected chi connectivity index (χ2v) is 5.25. The Hall–Kier alpha value is -1.66. The summed E-state index contributed by atoms with van der Waals surface area (Å²) in [6.07, 6.45) is 0. The molecule has 1 N–H and O–H groups in total. The van der Waals surface area contributed by atoms with Gasteiger partial charge in [0.2, 0.25) is 0 Å². The zero-order chi connectivity index (χ0) is 15.4. The van der Waals surface area contributed by atoms with Gasteiger partial charge in [-0.3, -0.25) is 4.79 Å². The monoisotopic (exact) mass is 375 g/mol. The zero-order valence-corrected chi connectivity index (χ0v) is 12.8. The number of anilines is 1. The van der Waals surface area contributed by atoms with Crippen LogP contribution in [0.25, 0.3) is 0 Å². The number of rotatable bonds is 4. The molecular formula is C14H9BrClF2NO2. The highest BCUT2D eigenvalue weighted by Gasteiger charge is 2.10. The van der Waals surface area contributed by atoms with E-state index < -0.39 is 12.5 Å². The Morgan fingerprint density at radius 1 is 1.24 bits per heavy atom. The first-order chi connectivity index (χ1) is 9.95. The van der Waals surface area contributed by atoms with Crippen molar-refractivity contribution in [2.75, 3.05) is 5.32 Å². The third-order valence-electron chi connectivity index (χ3n) is 2.50. The molecule has 7 heteroatoms. The van der Waals surface area contributed by atoms with Crippen LogP contribution in [0.2, 0.25) is 5.02 Å². The number of hydrogen-bond acceptors (Lipinski definition) is 2. The van der Waals surface area contributed by atoms with Crippen molar-refractivity contribution in [2.45, 2.75) is 6.61 Å². The first-order valence-electron chi connectivity index (χ1n) is 5.77. The summed E-state index contributed by atoms with van der Waals surface area (Å²) in [5.41, 5.74) is 0.695. The summed E-state index contributed by atoms with van der Waals surface area (Å²) in [5.74, 6) is -0.528. The maximum Gasteiger partial charge on any atom is 0.387 e. The number of carbonyl (C=O) groups is 1. The predicted molar refractivity (Wildman–Crippen MR) is 80.2 cm³/mol. The van der Waals surface area contributed by atoms with Crippen molar-refractivity contribution in [3.63, 3.8) is 0 Å². The van der Waals surface area contributed by atoms with Crippen LogP contribution in [0, 0.1) is 0 Å². The highest BCUT2D eigenvalue weighted by atomic mass is 79.9. The largest absolute Gasteiger partial charge is 0.435 e. The van der Waals surface area contributed by atoms with E-state index in [0.29, 0.717) is 15.2 Å². The second-order valence-electron chi connectivity index (χ2n) is 3.99. The van der Waals surface area contributed by atoms with Crippen LogP contribution >= 0.6 is 27.5 Å². The van der Waals surface area contributed by atoms with Gasteiger partial charge in [0, 0.05) is 15.7 Å². The quantitative estimate of drug-likeness (QED) is 0.819. The molecule has 2 aromatic rings. The number of hydrogen-bond donors (Lipinski definition) is 1. The van der Waals surface area contributed by atoms with Gasteiger partial charge in [-0.05, 0) is 52.3 Å². The molecule has 0 saturated carbocycles. The fourth-order valence-electron chi connectivity index (χ4n) is 1.59. The molecular weight excluding hydrogens is 368 g/mol. The van der Waals surface area contributed by atoms with E-state index in [9.17, 15) is 13.6 Å². The molecule has 1 amide bonds. The fourth-order valence-corrected chi connectivity index (χ4v) is 2.02. The number of ether oxygens (including phenoxy) is 1. The van der Waals surface area contributed by atoms with Crippen LogP contribution in [0.3, 0.4) is 0 Å².